The summed E-state index contributed by atoms with van der Waals surface area (Å²) in [5.74, 6) is -0.638. The van der Waals surface area contributed by atoms with E-state index in [2.05, 4.69) is 20.8 Å². The van der Waals surface area contributed by atoms with Crippen molar-refractivity contribution in [2.45, 2.75) is 40.3 Å². The molecule has 24 heavy (non-hydrogen) atoms. The third kappa shape index (κ3) is 4.50. The van der Waals surface area contributed by atoms with Crippen LogP contribution in [0.1, 0.15) is 44.1 Å². The fourth-order valence-electron chi connectivity index (χ4n) is 2.25. The molecule has 130 valence electrons. The van der Waals surface area contributed by atoms with E-state index in [1.807, 2.05) is 20.8 Å². The lowest BCUT2D eigenvalue weighted by atomic mass is 9.82. The highest BCUT2D eigenvalue weighted by molar-refractivity contribution is 5.74. The van der Waals surface area contributed by atoms with Crippen molar-refractivity contribution in [3.63, 3.8) is 0 Å². The molecular formula is C16H20F2N4O2. The maximum absolute atomic E-state index is 14.1. The van der Waals surface area contributed by atoms with E-state index >= 15 is 0 Å². The lowest BCUT2D eigenvalue weighted by molar-refractivity contribution is 0.216. The molecule has 0 aliphatic heterocycles. The fraction of sp³-hybridized carbons (Fsp3) is 0.438. The lowest BCUT2D eigenvalue weighted by Crippen LogP contribution is -2.42. The van der Waals surface area contributed by atoms with Gasteiger partial charge in [0.2, 0.25) is 5.89 Å². The van der Waals surface area contributed by atoms with E-state index in [-0.39, 0.29) is 12.1 Å². The highest BCUT2D eigenvalue weighted by Gasteiger charge is 2.30. The molecule has 0 aliphatic rings. The van der Waals surface area contributed by atoms with E-state index in [1.165, 1.54) is 12.1 Å². The minimum atomic E-state index is -0.705. The van der Waals surface area contributed by atoms with Crippen molar-refractivity contribution in [1.29, 1.82) is 0 Å². The molecule has 0 saturated carbocycles. The van der Waals surface area contributed by atoms with E-state index in [1.54, 1.807) is 6.92 Å². The minimum absolute atomic E-state index is 0.0753. The summed E-state index contributed by atoms with van der Waals surface area (Å²) >= 11 is 0. The average molecular weight is 338 g/mol. The zero-order valence-corrected chi connectivity index (χ0v) is 14.0. The first-order valence-electron chi connectivity index (χ1n) is 7.45. The van der Waals surface area contributed by atoms with Crippen LogP contribution in [0.4, 0.5) is 13.6 Å². The van der Waals surface area contributed by atoms with Crippen LogP contribution in [-0.2, 0) is 6.54 Å². The van der Waals surface area contributed by atoms with Gasteiger partial charge in [-0.1, -0.05) is 32.0 Å². The Morgan fingerprint density at radius 1 is 1.33 bits per heavy atom. The van der Waals surface area contributed by atoms with Crippen LogP contribution in [0.2, 0.25) is 0 Å². The third-order valence-corrected chi connectivity index (χ3v) is 3.39. The molecule has 0 aliphatic carbocycles. The zero-order chi connectivity index (χ0) is 17.9. The minimum Gasteiger partial charge on any atom is -0.340 e. The topological polar surface area (TPSA) is 80.0 Å². The van der Waals surface area contributed by atoms with Gasteiger partial charge in [0.15, 0.2) is 5.82 Å². The Bertz CT molecular complexity index is 725. The van der Waals surface area contributed by atoms with E-state index in [9.17, 15) is 13.6 Å². The van der Waals surface area contributed by atoms with E-state index in [0.717, 1.165) is 6.07 Å². The molecule has 2 amide bonds. The monoisotopic (exact) mass is 338 g/mol. The summed E-state index contributed by atoms with van der Waals surface area (Å²) in [6, 6.07) is 2.14. The number of urea groups is 1. The SMILES string of the molecule is Cc1nc(CNC(=O)N[C@@H](c2ccc(F)cc2F)C(C)(C)C)no1. The van der Waals surface area contributed by atoms with E-state index in [0.29, 0.717) is 11.7 Å². The molecule has 1 aromatic heterocycles. The van der Waals surface area contributed by atoms with Crippen molar-refractivity contribution in [3.8, 4) is 0 Å². The number of hydrogen-bond donors (Lipinski definition) is 2. The number of carbonyl (C=O) groups is 1. The molecule has 6 nitrogen and oxygen atoms in total. The van der Waals surface area contributed by atoms with Crippen molar-refractivity contribution in [2.75, 3.05) is 0 Å². The number of aryl methyl sites for hydroxylation is 1. The molecule has 0 saturated heterocycles. The number of nitrogens with one attached hydrogen (secondary N) is 2. The number of amides is 2. The number of hydrogen-bond acceptors (Lipinski definition) is 4. The summed E-state index contributed by atoms with van der Waals surface area (Å²) < 4.78 is 32.0. The number of nitrogens with zero attached hydrogens (tertiary/aromatic N) is 2. The number of halogens is 2. The Kier molecular flexibility index (Phi) is 5.16. The van der Waals surface area contributed by atoms with E-state index in [4.69, 9.17) is 4.52 Å². The first-order chi connectivity index (χ1) is 11.2. The molecular weight excluding hydrogens is 318 g/mol. The molecule has 0 unspecified atom stereocenters. The summed E-state index contributed by atoms with van der Waals surface area (Å²) in [6.45, 7) is 7.27. The van der Waals surface area contributed by atoms with Gasteiger partial charge in [-0.25, -0.2) is 13.6 Å². The van der Waals surface area contributed by atoms with Crippen molar-refractivity contribution >= 4 is 6.03 Å². The van der Waals surface area contributed by atoms with Gasteiger partial charge in [0.1, 0.15) is 11.6 Å². The first kappa shape index (κ1) is 17.8. The van der Waals surface area contributed by atoms with Gasteiger partial charge in [0.05, 0.1) is 12.6 Å². The summed E-state index contributed by atoms with van der Waals surface area (Å²) in [7, 11) is 0. The molecule has 2 aromatic rings. The van der Waals surface area contributed by atoms with Crippen LogP contribution in [0, 0.1) is 24.0 Å². The Balaban J connectivity index is 2.10. The predicted octanol–water partition coefficient (Wildman–Crippen LogP) is 3.24. The van der Waals surface area contributed by atoms with Gasteiger partial charge in [0, 0.05) is 18.6 Å². The third-order valence-electron chi connectivity index (χ3n) is 3.39. The van der Waals surface area contributed by atoms with Crippen LogP contribution in [0.15, 0.2) is 22.7 Å². The second-order valence-electron chi connectivity index (χ2n) is 6.52. The highest BCUT2D eigenvalue weighted by Crippen LogP contribution is 2.34. The zero-order valence-electron chi connectivity index (χ0n) is 14.0. The van der Waals surface area contributed by atoms with Crippen LogP contribution in [0.5, 0.6) is 0 Å². The summed E-state index contributed by atoms with van der Waals surface area (Å²) in [5.41, 5.74) is -0.270. The Morgan fingerprint density at radius 3 is 2.58 bits per heavy atom. The van der Waals surface area contributed by atoms with Gasteiger partial charge >= 0.3 is 6.03 Å². The molecule has 0 bridgehead atoms. The predicted molar refractivity (Wildman–Crippen MR) is 83.0 cm³/mol. The van der Waals surface area contributed by atoms with Crippen LogP contribution >= 0.6 is 0 Å². The van der Waals surface area contributed by atoms with Gasteiger partial charge in [0.25, 0.3) is 0 Å². The molecule has 0 radical (unpaired) electrons. The highest BCUT2D eigenvalue weighted by atomic mass is 19.1. The smallest absolute Gasteiger partial charge is 0.315 e. The van der Waals surface area contributed by atoms with Gasteiger partial charge in [-0.2, -0.15) is 4.98 Å². The van der Waals surface area contributed by atoms with Gasteiger partial charge in [-0.05, 0) is 11.5 Å². The van der Waals surface area contributed by atoms with Crippen LogP contribution in [0.25, 0.3) is 0 Å². The first-order valence-corrected chi connectivity index (χ1v) is 7.45. The maximum Gasteiger partial charge on any atom is 0.315 e. The molecule has 2 rings (SSSR count). The maximum atomic E-state index is 14.1. The summed E-state index contributed by atoms with van der Waals surface area (Å²) in [4.78, 5) is 16.1. The molecule has 0 spiro atoms. The molecule has 1 heterocycles. The van der Waals surface area contributed by atoms with Crippen molar-refractivity contribution < 1.29 is 18.1 Å². The summed E-state index contributed by atoms with van der Waals surface area (Å²) in [6.07, 6.45) is 0. The van der Waals surface area contributed by atoms with Crippen molar-refractivity contribution in [2.24, 2.45) is 5.41 Å². The van der Waals surface area contributed by atoms with Gasteiger partial charge in [-0.15, -0.1) is 0 Å². The van der Waals surface area contributed by atoms with Crippen LogP contribution in [0.3, 0.4) is 0 Å². The fourth-order valence-corrected chi connectivity index (χ4v) is 2.25. The van der Waals surface area contributed by atoms with Crippen LogP contribution in [-0.4, -0.2) is 16.2 Å². The van der Waals surface area contributed by atoms with Gasteiger partial charge < -0.3 is 15.2 Å². The quantitative estimate of drug-likeness (QED) is 0.897. The van der Waals surface area contributed by atoms with Crippen molar-refractivity contribution in [1.82, 2.24) is 20.8 Å². The average Bonchev–Trinajstić information content (AvgIpc) is 2.88. The Hall–Kier alpha value is -2.51. The molecule has 1 atom stereocenters. The second kappa shape index (κ2) is 6.94. The van der Waals surface area contributed by atoms with Gasteiger partial charge in [-0.3, -0.25) is 0 Å². The largest absolute Gasteiger partial charge is 0.340 e. The number of aromatic nitrogens is 2. The van der Waals surface area contributed by atoms with E-state index < -0.39 is 29.1 Å². The molecule has 1 aromatic carbocycles. The standard InChI is InChI=1S/C16H20F2N4O2/c1-9-20-13(22-24-9)8-19-15(23)21-14(16(2,3)4)11-6-5-10(17)7-12(11)18/h5-7,14H,8H2,1-4H3,(H2,19,21,23)/t14-/m0/s1. The molecule has 8 heteroatoms. The second-order valence-corrected chi connectivity index (χ2v) is 6.52. The molecule has 2 N–H and O–H groups in total. The van der Waals surface area contributed by atoms with Crippen LogP contribution < -0.4 is 10.6 Å². The molecule has 0 fully saturated rings. The number of benzene rings is 1. The van der Waals surface area contributed by atoms with Crippen molar-refractivity contribution in [3.05, 3.63) is 47.1 Å². The normalized spacial score (nSPS) is 12.8. The lowest BCUT2D eigenvalue weighted by Gasteiger charge is -2.32. The Labute approximate surface area is 138 Å². The number of rotatable bonds is 4. The summed E-state index contributed by atoms with van der Waals surface area (Å²) in [5, 5.41) is 8.96. The Morgan fingerprint density at radius 2 is 2.04 bits per heavy atom. The number of carbonyl (C=O) groups excluding carboxylic acids is 1.